The number of rotatable bonds is 5. The molecule has 0 bridgehead atoms. The Kier molecular flexibility index (Phi) is 4.94. The third-order valence-electron chi connectivity index (χ3n) is 2.67. The Labute approximate surface area is 101 Å². The van der Waals surface area contributed by atoms with Gasteiger partial charge in [-0.15, -0.1) is 0 Å². The summed E-state index contributed by atoms with van der Waals surface area (Å²) >= 11 is 0. The molecule has 94 valence electrons. The van der Waals surface area contributed by atoms with Crippen molar-refractivity contribution in [1.82, 2.24) is 5.32 Å². The molecule has 3 nitrogen and oxygen atoms in total. The van der Waals surface area contributed by atoms with Gasteiger partial charge in [0.2, 0.25) is 0 Å². The summed E-state index contributed by atoms with van der Waals surface area (Å²) in [6.07, 6.45) is 3.06. The topological polar surface area (TPSA) is 55.1 Å². The summed E-state index contributed by atoms with van der Waals surface area (Å²) in [4.78, 5) is 11.8. The molecule has 1 atom stereocenters. The first-order chi connectivity index (χ1) is 8.06. The fourth-order valence-corrected chi connectivity index (χ4v) is 1.62. The minimum atomic E-state index is -0.557. The van der Waals surface area contributed by atoms with Gasteiger partial charge in [-0.05, 0) is 25.5 Å². The van der Waals surface area contributed by atoms with Crippen molar-refractivity contribution < 1.29 is 9.18 Å². The number of unbranched alkanes of at least 4 members (excludes halogenated alkanes) is 1. The average Bonchev–Trinajstić information content (AvgIpc) is 2.29. The van der Waals surface area contributed by atoms with Crippen molar-refractivity contribution in [3.05, 3.63) is 29.6 Å². The van der Waals surface area contributed by atoms with Crippen LogP contribution in [0.25, 0.3) is 0 Å². The summed E-state index contributed by atoms with van der Waals surface area (Å²) in [5, 5.41) is 2.81. The quantitative estimate of drug-likeness (QED) is 0.775. The first kappa shape index (κ1) is 13.5. The van der Waals surface area contributed by atoms with E-state index in [1.807, 2.05) is 6.92 Å². The highest BCUT2D eigenvalue weighted by atomic mass is 19.1. The van der Waals surface area contributed by atoms with Crippen LogP contribution in [0.1, 0.15) is 43.5 Å². The molecule has 0 spiro atoms. The summed E-state index contributed by atoms with van der Waals surface area (Å²) in [7, 11) is 0. The van der Waals surface area contributed by atoms with Crippen molar-refractivity contribution in [3.8, 4) is 0 Å². The second kappa shape index (κ2) is 6.23. The van der Waals surface area contributed by atoms with Crippen LogP contribution in [0.5, 0.6) is 0 Å². The Morgan fingerprint density at radius 2 is 2.24 bits per heavy atom. The number of hydrogen-bond donors (Lipinski definition) is 2. The minimum absolute atomic E-state index is 0.0742. The molecule has 0 fully saturated rings. The molecule has 17 heavy (non-hydrogen) atoms. The lowest BCUT2D eigenvalue weighted by Crippen LogP contribution is -2.33. The van der Waals surface area contributed by atoms with E-state index in [9.17, 15) is 9.18 Å². The van der Waals surface area contributed by atoms with Gasteiger partial charge in [-0.2, -0.15) is 0 Å². The Balaban J connectivity index is 2.67. The predicted molar refractivity (Wildman–Crippen MR) is 67.3 cm³/mol. The highest BCUT2D eigenvalue weighted by Gasteiger charge is 2.14. The van der Waals surface area contributed by atoms with Crippen molar-refractivity contribution >= 4 is 11.6 Å². The zero-order valence-electron chi connectivity index (χ0n) is 10.3. The maximum Gasteiger partial charge on any atom is 0.253 e. The second-order valence-corrected chi connectivity index (χ2v) is 4.22. The van der Waals surface area contributed by atoms with Crippen molar-refractivity contribution in [1.29, 1.82) is 0 Å². The smallest absolute Gasteiger partial charge is 0.253 e. The number of halogens is 1. The zero-order valence-corrected chi connectivity index (χ0v) is 10.3. The monoisotopic (exact) mass is 238 g/mol. The normalized spacial score (nSPS) is 12.2. The van der Waals surface area contributed by atoms with Crippen LogP contribution in [0.4, 0.5) is 10.1 Å². The number of nitrogens with one attached hydrogen (secondary N) is 1. The van der Waals surface area contributed by atoms with E-state index in [0.29, 0.717) is 0 Å². The summed E-state index contributed by atoms with van der Waals surface area (Å²) in [5.74, 6) is -0.871. The Morgan fingerprint density at radius 3 is 2.88 bits per heavy atom. The molecule has 0 aliphatic heterocycles. The van der Waals surface area contributed by atoms with Gasteiger partial charge in [0.1, 0.15) is 5.82 Å². The van der Waals surface area contributed by atoms with Gasteiger partial charge >= 0.3 is 0 Å². The van der Waals surface area contributed by atoms with E-state index in [2.05, 4.69) is 12.2 Å². The largest absolute Gasteiger partial charge is 0.396 e. The van der Waals surface area contributed by atoms with E-state index in [1.54, 1.807) is 0 Å². The SMILES string of the molecule is CCCCC(C)NC(=O)c1cccc(F)c1N. The maximum atomic E-state index is 13.2. The molecule has 3 N–H and O–H groups in total. The van der Waals surface area contributed by atoms with Crippen LogP contribution >= 0.6 is 0 Å². The maximum absolute atomic E-state index is 13.2. The average molecular weight is 238 g/mol. The third-order valence-corrected chi connectivity index (χ3v) is 2.67. The lowest BCUT2D eigenvalue weighted by atomic mass is 10.1. The number of nitrogens with two attached hydrogens (primary N) is 1. The zero-order chi connectivity index (χ0) is 12.8. The molecule has 0 heterocycles. The first-order valence-corrected chi connectivity index (χ1v) is 5.91. The van der Waals surface area contributed by atoms with Gasteiger partial charge < -0.3 is 11.1 Å². The number of carbonyl (C=O) groups is 1. The number of nitrogen functional groups attached to an aromatic ring is 1. The van der Waals surface area contributed by atoms with Crippen molar-refractivity contribution in [3.63, 3.8) is 0 Å². The minimum Gasteiger partial charge on any atom is -0.396 e. The number of amides is 1. The van der Waals surface area contributed by atoms with E-state index in [4.69, 9.17) is 5.73 Å². The molecule has 0 saturated carbocycles. The van der Waals surface area contributed by atoms with Crippen LogP contribution in [0.2, 0.25) is 0 Å². The van der Waals surface area contributed by atoms with E-state index < -0.39 is 5.82 Å². The van der Waals surface area contributed by atoms with Crippen molar-refractivity contribution in [2.24, 2.45) is 0 Å². The molecule has 4 heteroatoms. The molecular formula is C13H19FN2O. The van der Waals surface area contributed by atoms with Gasteiger partial charge in [0.05, 0.1) is 11.3 Å². The summed E-state index contributed by atoms with van der Waals surface area (Å²) in [6.45, 7) is 4.03. The molecular weight excluding hydrogens is 219 g/mol. The van der Waals surface area contributed by atoms with Crippen LogP contribution in [0.15, 0.2) is 18.2 Å². The Hall–Kier alpha value is -1.58. The number of anilines is 1. The van der Waals surface area contributed by atoms with Gasteiger partial charge in [-0.3, -0.25) is 4.79 Å². The van der Waals surface area contributed by atoms with E-state index in [0.717, 1.165) is 19.3 Å². The molecule has 1 rings (SSSR count). The predicted octanol–water partition coefficient (Wildman–Crippen LogP) is 2.72. The third kappa shape index (κ3) is 3.73. The lowest BCUT2D eigenvalue weighted by Gasteiger charge is -2.14. The van der Waals surface area contributed by atoms with Gasteiger partial charge in [0.15, 0.2) is 0 Å². The molecule has 1 unspecified atom stereocenters. The first-order valence-electron chi connectivity index (χ1n) is 5.91. The van der Waals surface area contributed by atoms with Crippen molar-refractivity contribution in [2.75, 3.05) is 5.73 Å². The summed E-state index contributed by atoms with van der Waals surface area (Å²) < 4.78 is 13.2. The number of para-hydroxylation sites is 1. The van der Waals surface area contributed by atoms with Gasteiger partial charge in [0, 0.05) is 6.04 Å². The highest BCUT2D eigenvalue weighted by Crippen LogP contribution is 2.15. The molecule has 0 saturated heterocycles. The fourth-order valence-electron chi connectivity index (χ4n) is 1.62. The van der Waals surface area contributed by atoms with Crippen LogP contribution in [0, 0.1) is 5.82 Å². The van der Waals surface area contributed by atoms with E-state index in [1.165, 1.54) is 18.2 Å². The molecule has 0 aromatic heterocycles. The van der Waals surface area contributed by atoms with Crippen LogP contribution < -0.4 is 11.1 Å². The molecule has 1 aromatic carbocycles. The van der Waals surface area contributed by atoms with Gasteiger partial charge in [-0.1, -0.05) is 25.8 Å². The molecule has 0 aliphatic rings. The number of carbonyl (C=O) groups excluding carboxylic acids is 1. The standard InChI is InChI=1S/C13H19FN2O/c1-3-4-6-9(2)16-13(17)10-7-5-8-11(14)12(10)15/h5,7-9H,3-4,6,15H2,1-2H3,(H,16,17). The molecule has 0 radical (unpaired) electrons. The van der Waals surface area contributed by atoms with Gasteiger partial charge in [-0.25, -0.2) is 4.39 Å². The summed E-state index contributed by atoms with van der Waals surface area (Å²) in [6, 6.07) is 4.33. The fraction of sp³-hybridized carbons (Fsp3) is 0.462. The van der Waals surface area contributed by atoms with Crippen molar-refractivity contribution in [2.45, 2.75) is 39.2 Å². The lowest BCUT2D eigenvalue weighted by molar-refractivity contribution is 0.0938. The second-order valence-electron chi connectivity index (χ2n) is 4.22. The van der Waals surface area contributed by atoms with Gasteiger partial charge in [0.25, 0.3) is 5.91 Å². The Morgan fingerprint density at radius 1 is 1.53 bits per heavy atom. The Bertz CT molecular complexity index is 393. The van der Waals surface area contributed by atoms with Crippen LogP contribution in [0.3, 0.4) is 0 Å². The van der Waals surface area contributed by atoms with Crippen LogP contribution in [-0.4, -0.2) is 11.9 Å². The number of hydrogen-bond acceptors (Lipinski definition) is 2. The van der Waals surface area contributed by atoms with E-state index >= 15 is 0 Å². The molecule has 0 aliphatic carbocycles. The highest BCUT2D eigenvalue weighted by molar-refractivity contribution is 5.99. The number of benzene rings is 1. The van der Waals surface area contributed by atoms with Crippen LogP contribution in [-0.2, 0) is 0 Å². The molecule has 1 aromatic rings. The summed E-state index contributed by atoms with van der Waals surface area (Å²) in [5.41, 5.74) is 5.64. The van der Waals surface area contributed by atoms with E-state index in [-0.39, 0.29) is 23.2 Å². The molecule has 1 amide bonds.